The highest BCUT2D eigenvalue weighted by Gasteiger charge is 2.08. The lowest BCUT2D eigenvalue weighted by Crippen LogP contribution is -2.18. The fourth-order valence-electron chi connectivity index (χ4n) is 1.94. The van der Waals surface area contributed by atoms with Crippen molar-refractivity contribution in [2.24, 2.45) is 5.92 Å². The fourth-order valence-corrected chi connectivity index (χ4v) is 1.94. The van der Waals surface area contributed by atoms with Crippen molar-refractivity contribution in [3.05, 3.63) is 18.2 Å². The van der Waals surface area contributed by atoms with E-state index in [0.29, 0.717) is 6.04 Å². The van der Waals surface area contributed by atoms with Gasteiger partial charge in [0.15, 0.2) is 0 Å². The van der Waals surface area contributed by atoms with Gasteiger partial charge in [0.2, 0.25) is 0 Å². The standard InChI is InChI=1S/C14H24N2O/c1-5-10(2)6-11(3)16-13-7-12(15)8-14(9-13)17-4/h7-11,16H,5-6,15H2,1-4H3. The molecule has 0 radical (unpaired) electrons. The normalized spacial score (nSPS) is 14.1. The van der Waals surface area contributed by atoms with Crippen molar-refractivity contribution in [1.82, 2.24) is 0 Å². The third-order valence-electron chi connectivity index (χ3n) is 3.03. The molecule has 0 aromatic heterocycles. The van der Waals surface area contributed by atoms with Gasteiger partial charge in [-0.1, -0.05) is 20.3 Å². The predicted molar refractivity (Wildman–Crippen MR) is 74.6 cm³/mol. The number of benzene rings is 1. The van der Waals surface area contributed by atoms with E-state index in [-0.39, 0.29) is 0 Å². The molecule has 96 valence electrons. The number of nitrogen functional groups attached to an aromatic ring is 1. The van der Waals surface area contributed by atoms with Crippen LogP contribution in [0.2, 0.25) is 0 Å². The van der Waals surface area contributed by atoms with Crippen molar-refractivity contribution < 1.29 is 4.74 Å². The molecule has 2 atom stereocenters. The van der Waals surface area contributed by atoms with Gasteiger partial charge in [0.25, 0.3) is 0 Å². The first-order valence-electron chi connectivity index (χ1n) is 6.26. The van der Waals surface area contributed by atoms with Crippen molar-refractivity contribution in [2.45, 2.75) is 39.7 Å². The van der Waals surface area contributed by atoms with Gasteiger partial charge >= 0.3 is 0 Å². The zero-order valence-electron chi connectivity index (χ0n) is 11.3. The van der Waals surface area contributed by atoms with E-state index in [1.165, 1.54) is 6.42 Å². The Hall–Kier alpha value is -1.38. The van der Waals surface area contributed by atoms with Crippen LogP contribution in [0.4, 0.5) is 11.4 Å². The fraction of sp³-hybridized carbons (Fsp3) is 0.571. The molecule has 0 spiro atoms. The molecule has 1 rings (SSSR count). The van der Waals surface area contributed by atoms with E-state index >= 15 is 0 Å². The smallest absolute Gasteiger partial charge is 0.122 e. The molecule has 17 heavy (non-hydrogen) atoms. The molecule has 0 amide bonds. The van der Waals surface area contributed by atoms with Crippen molar-refractivity contribution in [3.8, 4) is 5.75 Å². The maximum Gasteiger partial charge on any atom is 0.122 e. The summed E-state index contributed by atoms with van der Waals surface area (Å²) in [6.07, 6.45) is 2.37. The molecule has 0 fully saturated rings. The Morgan fingerprint density at radius 1 is 1.29 bits per heavy atom. The average Bonchev–Trinajstić information content (AvgIpc) is 2.27. The highest BCUT2D eigenvalue weighted by molar-refractivity contribution is 5.59. The van der Waals surface area contributed by atoms with E-state index in [9.17, 15) is 0 Å². The minimum Gasteiger partial charge on any atom is -0.497 e. The Morgan fingerprint density at radius 3 is 2.59 bits per heavy atom. The Balaban J connectivity index is 2.64. The summed E-state index contributed by atoms with van der Waals surface area (Å²) >= 11 is 0. The summed E-state index contributed by atoms with van der Waals surface area (Å²) in [6.45, 7) is 6.70. The van der Waals surface area contributed by atoms with Crippen LogP contribution in [0.1, 0.15) is 33.6 Å². The molecule has 1 aromatic carbocycles. The van der Waals surface area contributed by atoms with E-state index in [2.05, 4.69) is 26.1 Å². The van der Waals surface area contributed by atoms with Gasteiger partial charge in [0, 0.05) is 29.5 Å². The number of hydrogen-bond donors (Lipinski definition) is 2. The van der Waals surface area contributed by atoms with E-state index in [1.54, 1.807) is 7.11 Å². The average molecular weight is 236 g/mol. The summed E-state index contributed by atoms with van der Waals surface area (Å²) in [5, 5.41) is 3.46. The van der Waals surface area contributed by atoms with Crippen LogP contribution in [-0.4, -0.2) is 13.2 Å². The minimum atomic E-state index is 0.441. The predicted octanol–water partition coefficient (Wildman–Crippen LogP) is 3.51. The first-order valence-corrected chi connectivity index (χ1v) is 6.26. The molecule has 0 aliphatic heterocycles. The summed E-state index contributed by atoms with van der Waals surface area (Å²) in [5.74, 6) is 1.53. The van der Waals surface area contributed by atoms with Gasteiger partial charge in [-0.25, -0.2) is 0 Å². The van der Waals surface area contributed by atoms with Crippen LogP contribution < -0.4 is 15.8 Å². The highest BCUT2D eigenvalue weighted by atomic mass is 16.5. The summed E-state index contributed by atoms with van der Waals surface area (Å²) in [4.78, 5) is 0. The number of rotatable bonds is 6. The minimum absolute atomic E-state index is 0.441. The second kappa shape index (κ2) is 6.38. The molecule has 3 N–H and O–H groups in total. The van der Waals surface area contributed by atoms with Gasteiger partial charge in [-0.3, -0.25) is 0 Å². The molecule has 3 nitrogen and oxygen atoms in total. The van der Waals surface area contributed by atoms with Crippen molar-refractivity contribution in [1.29, 1.82) is 0 Å². The maximum absolute atomic E-state index is 5.82. The van der Waals surface area contributed by atoms with Crippen LogP contribution in [0.3, 0.4) is 0 Å². The SMILES string of the molecule is CCC(C)CC(C)Nc1cc(N)cc(OC)c1. The van der Waals surface area contributed by atoms with Crippen molar-refractivity contribution in [2.75, 3.05) is 18.2 Å². The van der Waals surface area contributed by atoms with Crippen LogP contribution >= 0.6 is 0 Å². The zero-order valence-corrected chi connectivity index (χ0v) is 11.3. The largest absolute Gasteiger partial charge is 0.497 e. The third-order valence-corrected chi connectivity index (χ3v) is 3.03. The molecule has 0 saturated carbocycles. The molecule has 0 heterocycles. The molecule has 3 heteroatoms. The Labute approximate surface area is 104 Å². The Kier molecular flexibility index (Phi) is 5.13. The monoisotopic (exact) mass is 236 g/mol. The number of nitrogens with one attached hydrogen (secondary N) is 1. The van der Waals surface area contributed by atoms with Gasteiger partial charge < -0.3 is 15.8 Å². The number of methoxy groups -OCH3 is 1. The molecule has 0 saturated heterocycles. The number of ether oxygens (including phenoxy) is 1. The molecular weight excluding hydrogens is 212 g/mol. The molecular formula is C14H24N2O. The van der Waals surface area contributed by atoms with Crippen molar-refractivity contribution >= 4 is 11.4 Å². The first-order chi connectivity index (χ1) is 8.05. The van der Waals surface area contributed by atoms with E-state index in [4.69, 9.17) is 10.5 Å². The second-order valence-electron chi connectivity index (χ2n) is 4.79. The zero-order chi connectivity index (χ0) is 12.8. The van der Waals surface area contributed by atoms with Crippen LogP contribution in [0.5, 0.6) is 5.75 Å². The molecule has 1 aromatic rings. The number of anilines is 2. The molecule has 0 aliphatic carbocycles. The highest BCUT2D eigenvalue weighted by Crippen LogP contribution is 2.23. The molecule has 0 bridgehead atoms. The maximum atomic E-state index is 5.82. The van der Waals surface area contributed by atoms with E-state index in [0.717, 1.165) is 29.5 Å². The number of nitrogens with two attached hydrogens (primary N) is 1. The van der Waals surface area contributed by atoms with Crippen LogP contribution in [0.25, 0.3) is 0 Å². The summed E-state index contributed by atoms with van der Waals surface area (Å²) in [5.41, 5.74) is 7.57. The summed E-state index contributed by atoms with van der Waals surface area (Å²) in [6, 6.07) is 6.18. The molecule has 2 unspecified atom stereocenters. The van der Waals surface area contributed by atoms with Crippen LogP contribution in [0, 0.1) is 5.92 Å². The second-order valence-corrected chi connectivity index (χ2v) is 4.79. The van der Waals surface area contributed by atoms with Gasteiger partial charge in [0.1, 0.15) is 5.75 Å². The van der Waals surface area contributed by atoms with Crippen molar-refractivity contribution in [3.63, 3.8) is 0 Å². The number of hydrogen-bond acceptors (Lipinski definition) is 3. The molecule has 0 aliphatic rings. The van der Waals surface area contributed by atoms with Gasteiger partial charge in [0.05, 0.1) is 7.11 Å². The lowest BCUT2D eigenvalue weighted by Gasteiger charge is -2.19. The summed E-state index contributed by atoms with van der Waals surface area (Å²) < 4.78 is 5.20. The van der Waals surface area contributed by atoms with E-state index < -0.39 is 0 Å². The van der Waals surface area contributed by atoms with Gasteiger partial charge in [-0.2, -0.15) is 0 Å². The summed E-state index contributed by atoms with van der Waals surface area (Å²) in [7, 11) is 1.65. The van der Waals surface area contributed by atoms with Crippen LogP contribution in [-0.2, 0) is 0 Å². The Morgan fingerprint density at radius 2 is 2.00 bits per heavy atom. The lowest BCUT2D eigenvalue weighted by molar-refractivity contribution is 0.415. The van der Waals surface area contributed by atoms with Gasteiger partial charge in [-0.15, -0.1) is 0 Å². The van der Waals surface area contributed by atoms with Gasteiger partial charge in [-0.05, 0) is 25.3 Å². The lowest BCUT2D eigenvalue weighted by atomic mass is 10.0. The van der Waals surface area contributed by atoms with Crippen LogP contribution in [0.15, 0.2) is 18.2 Å². The topological polar surface area (TPSA) is 47.3 Å². The Bertz CT molecular complexity index is 352. The van der Waals surface area contributed by atoms with E-state index in [1.807, 2.05) is 18.2 Å². The first kappa shape index (κ1) is 13.7. The third kappa shape index (κ3) is 4.55. The quantitative estimate of drug-likeness (QED) is 0.743.